The average Bonchev–Trinajstić information content (AvgIpc) is 2.88. The number of nitrogens with two attached hydrogens (primary N) is 1. The molecule has 0 spiro atoms. The fourth-order valence-electron chi connectivity index (χ4n) is 3.40. The number of benzene rings is 2. The highest BCUT2D eigenvalue weighted by Gasteiger charge is 2.54. The first-order valence-electron chi connectivity index (χ1n) is 7.18. The van der Waals surface area contributed by atoms with Crippen LogP contribution in [0.3, 0.4) is 0 Å². The van der Waals surface area contributed by atoms with Crippen LogP contribution in [0.4, 0.5) is 0 Å². The molecule has 20 heavy (non-hydrogen) atoms. The van der Waals surface area contributed by atoms with E-state index in [9.17, 15) is 0 Å². The van der Waals surface area contributed by atoms with E-state index in [1.54, 1.807) is 0 Å². The minimum atomic E-state index is -0.440. The van der Waals surface area contributed by atoms with E-state index in [0.29, 0.717) is 6.54 Å². The van der Waals surface area contributed by atoms with Crippen molar-refractivity contribution in [1.82, 2.24) is 0 Å². The van der Waals surface area contributed by atoms with Gasteiger partial charge >= 0.3 is 0 Å². The van der Waals surface area contributed by atoms with Crippen LogP contribution in [0.15, 0.2) is 60.7 Å². The Hall–Kier alpha value is -1.64. The highest BCUT2D eigenvalue weighted by molar-refractivity contribution is 5.40. The van der Waals surface area contributed by atoms with Gasteiger partial charge in [-0.25, -0.2) is 0 Å². The Labute approximate surface area is 120 Å². The van der Waals surface area contributed by atoms with Crippen LogP contribution in [0.2, 0.25) is 0 Å². The molecule has 2 aromatic rings. The van der Waals surface area contributed by atoms with Crippen LogP contribution in [0, 0.1) is 5.41 Å². The van der Waals surface area contributed by atoms with E-state index in [4.69, 9.17) is 10.5 Å². The monoisotopic (exact) mass is 267 g/mol. The van der Waals surface area contributed by atoms with Crippen molar-refractivity contribution in [2.75, 3.05) is 13.2 Å². The third-order valence-corrected chi connectivity index (χ3v) is 4.63. The second-order valence-corrected chi connectivity index (χ2v) is 5.78. The van der Waals surface area contributed by atoms with E-state index in [0.717, 1.165) is 13.0 Å². The fraction of sp³-hybridized carbons (Fsp3) is 0.333. The van der Waals surface area contributed by atoms with Crippen molar-refractivity contribution in [1.29, 1.82) is 0 Å². The van der Waals surface area contributed by atoms with Crippen LogP contribution in [0.25, 0.3) is 0 Å². The first-order chi connectivity index (χ1) is 9.73. The second kappa shape index (κ2) is 5.04. The maximum atomic E-state index is 6.34. The molecule has 0 bridgehead atoms. The molecule has 2 N–H and O–H groups in total. The molecule has 2 aromatic carbocycles. The van der Waals surface area contributed by atoms with Gasteiger partial charge in [0.2, 0.25) is 0 Å². The Morgan fingerprint density at radius 2 is 1.45 bits per heavy atom. The first-order valence-corrected chi connectivity index (χ1v) is 7.18. The van der Waals surface area contributed by atoms with Crippen LogP contribution < -0.4 is 5.73 Å². The predicted molar refractivity (Wildman–Crippen MR) is 81.4 cm³/mol. The molecule has 0 aliphatic carbocycles. The molecule has 0 radical (unpaired) electrons. The molecule has 1 heterocycles. The lowest BCUT2D eigenvalue weighted by Gasteiger charge is -2.42. The van der Waals surface area contributed by atoms with Crippen molar-refractivity contribution >= 4 is 0 Å². The zero-order chi connectivity index (χ0) is 14.1. The topological polar surface area (TPSA) is 35.2 Å². The van der Waals surface area contributed by atoms with Crippen molar-refractivity contribution in [3.8, 4) is 0 Å². The molecule has 1 unspecified atom stereocenters. The number of rotatable bonds is 3. The van der Waals surface area contributed by atoms with E-state index in [1.165, 1.54) is 11.1 Å². The summed E-state index contributed by atoms with van der Waals surface area (Å²) in [6.07, 6.45) is 0.979. The van der Waals surface area contributed by atoms with Crippen molar-refractivity contribution in [2.24, 2.45) is 11.1 Å². The molecule has 1 saturated heterocycles. The van der Waals surface area contributed by atoms with Crippen LogP contribution >= 0.6 is 0 Å². The summed E-state index contributed by atoms with van der Waals surface area (Å²) in [5, 5.41) is 0. The largest absolute Gasteiger partial charge is 0.365 e. The van der Waals surface area contributed by atoms with Crippen LogP contribution in [0.1, 0.15) is 24.5 Å². The van der Waals surface area contributed by atoms with Crippen molar-refractivity contribution < 1.29 is 4.74 Å². The minimum absolute atomic E-state index is 0.0876. The van der Waals surface area contributed by atoms with E-state index in [-0.39, 0.29) is 5.41 Å². The second-order valence-electron chi connectivity index (χ2n) is 5.78. The van der Waals surface area contributed by atoms with Gasteiger partial charge in [0.25, 0.3) is 0 Å². The van der Waals surface area contributed by atoms with Gasteiger partial charge < -0.3 is 10.5 Å². The molecule has 0 amide bonds. The summed E-state index contributed by atoms with van der Waals surface area (Å²) in [5.41, 5.74) is 7.99. The average molecular weight is 267 g/mol. The van der Waals surface area contributed by atoms with Gasteiger partial charge in [0.1, 0.15) is 5.60 Å². The molecular weight excluding hydrogens is 246 g/mol. The summed E-state index contributed by atoms with van der Waals surface area (Å²) in [5.74, 6) is 0. The van der Waals surface area contributed by atoms with Crippen LogP contribution in [0.5, 0.6) is 0 Å². The van der Waals surface area contributed by atoms with Crippen molar-refractivity contribution in [3.05, 3.63) is 71.8 Å². The maximum absolute atomic E-state index is 6.34. The molecule has 1 atom stereocenters. The quantitative estimate of drug-likeness (QED) is 0.926. The molecule has 1 fully saturated rings. The number of hydrogen-bond donors (Lipinski definition) is 1. The molecule has 3 rings (SSSR count). The Morgan fingerprint density at radius 3 is 1.90 bits per heavy atom. The third-order valence-electron chi connectivity index (χ3n) is 4.63. The normalized spacial score (nSPS) is 24.7. The lowest BCUT2D eigenvalue weighted by atomic mass is 9.66. The van der Waals surface area contributed by atoms with Gasteiger partial charge in [-0.2, -0.15) is 0 Å². The van der Waals surface area contributed by atoms with E-state index in [2.05, 4.69) is 55.5 Å². The number of hydrogen-bond acceptors (Lipinski definition) is 2. The Balaban J connectivity index is 2.24. The molecule has 2 heteroatoms. The molecule has 104 valence electrons. The van der Waals surface area contributed by atoms with Gasteiger partial charge in [0.05, 0.1) is 0 Å². The van der Waals surface area contributed by atoms with E-state index >= 15 is 0 Å². The lowest BCUT2D eigenvalue weighted by Crippen LogP contribution is -2.46. The molecule has 0 aromatic heterocycles. The molecule has 1 aliphatic rings. The Bertz CT molecular complexity index is 527. The highest BCUT2D eigenvalue weighted by Crippen LogP contribution is 2.53. The third kappa shape index (κ3) is 1.80. The highest BCUT2D eigenvalue weighted by atomic mass is 16.5. The summed E-state index contributed by atoms with van der Waals surface area (Å²) in [4.78, 5) is 0. The SMILES string of the molecule is CC1(CN)CCOC1(c1ccccc1)c1ccccc1. The van der Waals surface area contributed by atoms with Gasteiger partial charge in [-0.15, -0.1) is 0 Å². The summed E-state index contributed by atoms with van der Waals surface area (Å²) >= 11 is 0. The number of ether oxygens (including phenoxy) is 1. The minimum Gasteiger partial charge on any atom is -0.365 e. The zero-order valence-corrected chi connectivity index (χ0v) is 11.9. The summed E-state index contributed by atoms with van der Waals surface area (Å²) in [6.45, 7) is 3.59. The predicted octanol–water partition coefficient (Wildman–Crippen LogP) is 3.32. The summed E-state index contributed by atoms with van der Waals surface area (Å²) in [7, 11) is 0. The van der Waals surface area contributed by atoms with Crippen molar-refractivity contribution in [2.45, 2.75) is 18.9 Å². The summed E-state index contributed by atoms with van der Waals surface area (Å²) in [6, 6.07) is 20.9. The van der Waals surface area contributed by atoms with E-state index in [1.807, 2.05) is 12.1 Å². The standard InChI is InChI=1S/C18H21NO/c1-17(14-19)12-13-20-18(17,15-8-4-2-5-9-15)16-10-6-3-7-11-16/h2-11H,12-14,19H2,1H3. The lowest BCUT2D eigenvalue weighted by molar-refractivity contribution is -0.0238. The molecule has 2 nitrogen and oxygen atoms in total. The van der Waals surface area contributed by atoms with E-state index < -0.39 is 5.60 Å². The van der Waals surface area contributed by atoms with Crippen LogP contribution in [-0.2, 0) is 10.3 Å². The Kier molecular flexibility index (Phi) is 3.36. The smallest absolute Gasteiger partial charge is 0.125 e. The molecular formula is C18H21NO. The fourth-order valence-corrected chi connectivity index (χ4v) is 3.40. The maximum Gasteiger partial charge on any atom is 0.125 e. The van der Waals surface area contributed by atoms with Gasteiger partial charge in [-0.05, 0) is 17.5 Å². The van der Waals surface area contributed by atoms with Gasteiger partial charge in [0, 0.05) is 18.6 Å². The Morgan fingerprint density at radius 1 is 0.950 bits per heavy atom. The zero-order valence-electron chi connectivity index (χ0n) is 11.9. The summed E-state index contributed by atoms with van der Waals surface area (Å²) < 4.78 is 6.34. The first kappa shape index (κ1) is 13.3. The van der Waals surface area contributed by atoms with Gasteiger partial charge in [-0.3, -0.25) is 0 Å². The van der Waals surface area contributed by atoms with Crippen molar-refractivity contribution in [3.63, 3.8) is 0 Å². The molecule has 0 saturated carbocycles. The van der Waals surface area contributed by atoms with Gasteiger partial charge in [0.15, 0.2) is 0 Å². The van der Waals surface area contributed by atoms with Gasteiger partial charge in [-0.1, -0.05) is 67.6 Å². The van der Waals surface area contributed by atoms with Crippen LogP contribution in [-0.4, -0.2) is 13.2 Å². The molecule has 1 aliphatic heterocycles.